The van der Waals surface area contributed by atoms with Gasteiger partial charge in [-0.2, -0.15) is 0 Å². The zero-order valence-corrected chi connectivity index (χ0v) is 14.9. The van der Waals surface area contributed by atoms with Gasteiger partial charge in [0.2, 0.25) is 0 Å². The van der Waals surface area contributed by atoms with Gasteiger partial charge in [-0.1, -0.05) is 15.9 Å². The van der Waals surface area contributed by atoms with E-state index < -0.39 is 5.41 Å². The zero-order valence-electron chi connectivity index (χ0n) is 13.3. The normalized spacial score (nSPS) is 19.9. The van der Waals surface area contributed by atoms with Gasteiger partial charge in [-0.3, -0.25) is 4.79 Å². The second-order valence-electron chi connectivity index (χ2n) is 6.86. The van der Waals surface area contributed by atoms with E-state index in [0.717, 1.165) is 23.9 Å². The van der Waals surface area contributed by atoms with Crippen LogP contribution >= 0.6 is 15.9 Å². The molecule has 1 fully saturated rings. The van der Waals surface area contributed by atoms with Gasteiger partial charge in [0.15, 0.2) is 0 Å². The standard InChI is InChI=1S/C16H23BrN2O3/c1-16(2,3)15(21)22-19-7-4-5-12(11-19)10-18-8-6-13(17)9-14(18)20/h6,8-9,12H,4-5,7,10-11H2,1-3H3. The van der Waals surface area contributed by atoms with E-state index in [0.29, 0.717) is 19.0 Å². The van der Waals surface area contributed by atoms with Gasteiger partial charge in [0.25, 0.3) is 5.56 Å². The molecule has 1 aromatic heterocycles. The van der Waals surface area contributed by atoms with E-state index in [-0.39, 0.29) is 11.5 Å². The number of carbonyl (C=O) groups excluding carboxylic acids is 1. The van der Waals surface area contributed by atoms with Crippen LogP contribution in [0.3, 0.4) is 0 Å². The summed E-state index contributed by atoms with van der Waals surface area (Å²) in [6.45, 7) is 7.61. The van der Waals surface area contributed by atoms with E-state index in [1.807, 2.05) is 26.8 Å². The van der Waals surface area contributed by atoms with Crippen molar-refractivity contribution in [3.05, 3.63) is 33.2 Å². The fourth-order valence-electron chi connectivity index (χ4n) is 2.43. The van der Waals surface area contributed by atoms with Gasteiger partial charge in [-0.05, 0) is 45.6 Å². The maximum absolute atomic E-state index is 12.0. The molecule has 0 saturated carbocycles. The molecule has 1 saturated heterocycles. The van der Waals surface area contributed by atoms with E-state index in [4.69, 9.17) is 4.84 Å². The van der Waals surface area contributed by atoms with Crippen LogP contribution in [-0.4, -0.2) is 28.7 Å². The first kappa shape index (κ1) is 17.2. The van der Waals surface area contributed by atoms with Crippen LogP contribution in [0.5, 0.6) is 0 Å². The zero-order chi connectivity index (χ0) is 16.3. The van der Waals surface area contributed by atoms with Crippen molar-refractivity contribution in [1.29, 1.82) is 0 Å². The van der Waals surface area contributed by atoms with Crippen LogP contribution in [0.4, 0.5) is 0 Å². The van der Waals surface area contributed by atoms with E-state index in [2.05, 4.69) is 15.9 Å². The minimum Gasteiger partial charge on any atom is -0.367 e. The average molecular weight is 371 g/mol. The van der Waals surface area contributed by atoms with Crippen molar-refractivity contribution in [2.45, 2.75) is 40.2 Å². The van der Waals surface area contributed by atoms with Crippen LogP contribution < -0.4 is 5.56 Å². The molecule has 6 heteroatoms. The molecule has 0 spiro atoms. The third kappa shape index (κ3) is 4.68. The first-order valence-corrected chi connectivity index (χ1v) is 8.38. The molecule has 1 atom stereocenters. The van der Waals surface area contributed by atoms with Gasteiger partial charge < -0.3 is 9.40 Å². The summed E-state index contributed by atoms with van der Waals surface area (Å²) < 4.78 is 2.50. The molecule has 0 bridgehead atoms. The van der Waals surface area contributed by atoms with Gasteiger partial charge >= 0.3 is 5.97 Å². The second-order valence-corrected chi connectivity index (χ2v) is 7.78. The molecule has 122 valence electrons. The third-order valence-electron chi connectivity index (χ3n) is 3.72. The molecule has 1 unspecified atom stereocenters. The highest BCUT2D eigenvalue weighted by Crippen LogP contribution is 2.22. The van der Waals surface area contributed by atoms with Gasteiger partial charge in [0, 0.05) is 36.4 Å². The monoisotopic (exact) mass is 370 g/mol. The van der Waals surface area contributed by atoms with E-state index in [1.165, 1.54) is 0 Å². The minimum absolute atomic E-state index is 0.0156. The summed E-state index contributed by atoms with van der Waals surface area (Å²) in [5.74, 6) is 0.0920. The van der Waals surface area contributed by atoms with Crippen molar-refractivity contribution in [1.82, 2.24) is 9.63 Å². The quantitative estimate of drug-likeness (QED) is 0.820. The van der Waals surface area contributed by atoms with Crippen molar-refractivity contribution in [2.75, 3.05) is 13.1 Å². The molecule has 2 rings (SSSR count). The Bertz CT molecular complexity index is 592. The Morgan fingerprint density at radius 2 is 2.18 bits per heavy atom. The van der Waals surface area contributed by atoms with Crippen LogP contribution in [0.25, 0.3) is 0 Å². The highest BCUT2D eigenvalue weighted by molar-refractivity contribution is 9.10. The lowest BCUT2D eigenvalue weighted by Crippen LogP contribution is -2.41. The number of hydrogen-bond donors (Lipinski definition) is 0. The number of hydroxylamine groups is 2. The molecular formula is C16H23BrN2O3. The van der Waals surface area contributed by atoms with Crippen molar-refractivity contribution < 1.29 is 9.63 Å². The smallest absolute Gasteiger partial charge is 0.330 e. The predicted octanol–water partition coefficient (Wildman–Crippen LogP) is 2.83. The highest BCUT2D eigenvalue weighted by Gasteiger charge is 2.29. The van der Waals surface area contributed by atoms with Gasteiger partial charge in [0.05, 0.1) is 5.41 Å². The molecule has 0 aromatic carbocycles. The molecule has 0 amide bonds. The van der Waals surface area contributed by atoms with E-state index >= 15 is 0 Å². The molecule has 1 aromatic rings. The first-order valence-electron chi connectivity index (χ1n) is 7.59. The Morgan fingerprint density at radius 3 is 2.82 bits per heavy atom. The van der Waals surface area contributed by atoms with Crippen LogP contribution in [0.15, 0.2) is 27.6 Å². The van der Waals surface area contributed by atoms with E-state index in [9.17, 15) is 9.59 Å². The molecule has 0 aliphatic carbocycles. The maximum atomic E-state index is 12.0. The second kappa shape index (κ2) is 6.96. The SMILES string of the molecule is CC(C)(C)C(=O)ON1CCCC(Cn2ccc(Br)cc2=O)C1. The van der Waals surface area contributed by atoms with Crippen molar-refractivity contribution in [2.24, 2.45) is 11.3 Å². The van der Waals surface area contributed by atoms with Crippen molar-refractivity contribution in [3.8, 4) is 0 Å². The molecule has 22 heavy (non-hydrogen) atoms. The lowest BCUT2D eigenvalue weighted by molar-refractivity contribution is -0.208. The topological polar surface area (TPSA) is 51.5 Å². The van der Waals surface area contributed by atoms with E-state index in [1.54, 1.807) is 21.9 Å². The lowest BCUT2D eigenvalue weighted by Gasteiger charge is -2.33. The fourth-order valence-corrected chi connectivity index (χ4v) is 2.74. The van der Waals surface area contributed by atoms with Crippen LogP contribution in [0.1, 0.15) is 33.6 Å². The first-order chi connectivity index (χ1) is 10.3. The van der Waals surface area contributed by atoms with Gasteiger partial charge in [-0.25, -0.2) is 4.79 Å². The Labute approximate surface area is 139 Å². The highest BCUT2D eigenvalue weighted by atomic mass is 79.9. The molecule has 2 heterocycles. The molecule has 1 aliphatic rings. The van der Waals surface area contributed by atoms with Gasteiger partial charge in [-0.15, -0.1) is 5.06 Å². The molecule has 0 radical (unpaired) electrons. The largest absolute Gasteiger partial charge is 0.367 e. The summed E-state index contributed by atoms with van der Waals surface area (Å²) in [7, 11) is 0. The number of piperidine rings is 1. The number of nitrogens with zero attached hydrogens (tertiary/aromatic N) is 2. The summed E-state index contributed by atoms with van der Waals surface area (Å²) in [6.07, 6.45) is 3.80. The minimum atomic E-state index is -0.504. The number of aromatic nitrogens is 1. The number of rotatable bonds is 3. The molecule has 5 nitrogen and oxygen atoms in total. The lowest BCUT2D eigenvalue weighted by atomic mass is 9.97. The predicted molar refractivity (Wildman–Crippen MR) is 88.2 cm³/mol. The summed E-state index contributed by atoms with van der Waals surface area (Å²) in [5.41, 5.74) is -0.520. The van der Waals surface area contributed by atoms with Crippen LogP contribution in [-0.2, 0) is 16.2 Å². The number of pyridine rings is 1. The summed E-state index contributed by atoms with van der Waals surface area (Å²) >= 11 is 3.30. The fraction of sp³-hybridized carbons (Fsp3) is 0.625. The number of hydrogen-bond acceptors (Lipinski definition) is 4. The maximum Gasteiger partial charge on any atom is 0.330 e. The van der Waals surface area contributed by atoms with Crippen LogP contribution in [0, 0.1) is 11.3 Å². The average Bonchev–Trinajstić information content (AvgIpc) is 2.41. The molecular weight excluding hydrogens is 348 g/mol. The summed E-state index contributed by atoms with van der Waals surface area (Å²) in [4.78, 5) is 29.4. The molecule has 0 N–H and O–H groups in total. The van der Waals surface area contributed by atoms with Crippen LogP contribution in [0.2, 0.25) is 0 Å². The van der Waals surface area contributed by atoms with Crippen molar-refractivity contribution in [3.63, 3.8) is 0 Å². The molecule has 1 aliphatic heterocycles. The Kier molecular flexibility index (Phi) is 5.45. The van der Waals surface area contributed by atoms with Crippen molar-refractivity contribution >= 4 is 21.9 Å². The third-order valence-corrected chi connectivity index (χ3v) is 4.21. The Hall–Kier alpha value is -1.14. The summed E-state index contributed by atoms with van der Waals surface area (Å²) in [5, 5.41) is 1.74. The Morgan fingerprint density at radius 1 is 1.45 bits per heavy atom. The number of halogens is 1. The summed E-state index contributed by atoms with van der Waals surface area (Å²) in [6, 6.07) is 3.43. The Balaban J connectivity index is 1.96. The van der Waals surface area contributed by atoms with Gasteiger partial charge in [0.1, 0.15) is 0 Å². The number of carbonyl (C=O) groups is 1.